The molecule has 0 amide bonds. The molecule has 6 heteroatoms. The Morgan fingerprint density at radius 2 is 2.22 bits per heavy atom. The Hall–Kier alpha value is -2.50. The Labute approximate surface area is 103 Å². The van der Waals surface area contributed by atoms with Gasteiger partial charge in [-0.25, -0.2) is 4.79 Å². The Bertz CT molecular complexity index is 577. The monoisotopic (exact) mass is 248 g/mol. The van der Waals surface area contributed by atoms with Crippen molar-refractivity contribution in [2.75, 3.05) is 0 Å². The standard InChI is InChI=1S/C12H12N2O4/c1-14-8(5-11(13-14)12(16)17)7-18-10-4-2-3-9(15)6-10/h2-6,15H,7H2,1H3,(H,16,17). The summed E-state index contributed by atoms with van der Waals surface area (Å²) >= 11 is 0. The molecule has 0 aliphatic heterocycles. The van der Waals surface area contributed by atoms with E-state index >= 15 is 0 Å². The number of aromatic nitrogens is 2. The van der Waals surface area contributed by atoms with E-state index in [9.17, 15) is 9.90 Å². The summed E-state index contributed by atoms with van der Waals surface area (Å²) in [5.41, 5.74) is 0.614. The molecular weight excluding hydrogens is 236 g/mol. The molecule has 2 aromatic rings. The molecule has 0 unspecified atom stereocenters. The SMILES string of the molecule is Cn1nc(C(=O)O)cc1COc1cccc(O)c1. The highest BCUT2D eigenvalue weighted by Gasteiger charge is 2.11. The first-order valence-electron chi connectivity index (χ1n) is 5.24. The average Bonchev–Trinajstić information content (AvgIpc) is 2.68. The first-order valence-corrected chi connectivity index (χ1v) is 5.24. The minimum Gasteiger partial charge on any atom is -0.508 e. The zero-order valence-corrected chi connectivity index (χ0v) is 9.70. The number of nitrogens with zero attached hydrogens (tertiary/aromatic N) is 2. The molecule has 0 fully saturated rings. The summed E-state index contributed by atoms with van der Waals surface area (Å²) in [4.78, 5) is 10.7. The number of aromatic carboxylic acids is 1. The summed E-state index contributed by atoms with van der Waals surface area (Å²) in [6.45, 7) is 0.181. The Balaban J connectivity index is 2.08. The van der Waals surface area contributed by atoms with Crippen molar-refractivity contribution in [3.05, 3.63) is 41.7 Å². The van der Waals surface area contributed by atoms with Crippen LogP contribution in [0.4, 0.5) is 0 Å². The molecule has 2 rings (SSSR count). The molecule has 0 saturated heterocycles. The van der Waals surface area contributed by atoms with E-state index in [1.54, 1.807) is 25.2 Å². The number of rotatable bonds is 4. The van der Waals surface area contributed by atoms with Crippen LogP contribution in [0.25, 0.3) is 0 Å². The van der Waals surface area contributed by atoms with Crippen LogP contribution in [0.2, 0.25) is 0 Å². The summed E-state index contributed by atoms with van der Waals surface area (Å²) in [5.74, 6) is -0.453. The molecule has 1 aromatic heterocycles. The van der Waals surface area contributed by atoms with Gasteiger partial charge >= 0.3 is 5.97 Å². The number of aryl methyl sites for hydroxylation is 1. The van der Waals surface area contributed by atoms with Crippen LogP contribution >= 0.6 is 0 Å². The fraction of sp³-hybridized carbons (Fsp3) is 0.167. The minimum atomic E-state index is -1.07. The third kappa shape index (κ3) is 2.60. The van der Waals surface area contributed by atoms with E-state index in [0.29, 0.717) is 11.4 Å². The maximum atomic E-state index is 10.7. The van der Waals surface area contributed by atoms with Crippen LogP contribution in [0.5, 0.6) is 11.5 Å². The molecule has 0 bridgehead atoms. The average molecular weight is 248 g/mol. The number of aromatic hydroxyl groups is 1. The van der Waals surface area contributed by atoms with E-state index in [4.69, 9.17) is 9.84 Å². The van der Waals surface area contributed by atoms with Crippen molar-refractivity contribution in [3.8, 4) is 11.5 Å². The lowest BCUT2D eigenvalue weighted by Crippen LogP contribution is -2.03. The normalized spacial score (nSPS) is 10.3. The van der Waals surface area contributed by atoms with Crippen molar-refractivity contribution in [2.24, 2.45) is 7.05 Å². The summed E-state index contributed by atoms with van der Waals surface area (Å²) in [5, 5.41) is 21.9. The highest BCUT2D eigenvalue weighted by atomic mass is 16.5. The quantitative estimate of drug-likeness (QED) is 0.854. The fourth-order valence-corrected chi connectivity index (χ4v) is 1.48. The van der Waals surface area contributed by atoms with Crippen LogP contribution in [0, 0.1) is 0 Å². The van der Waals surface area contributed by atoms with Crippen LogP contribution in [-0.2, 0) is 13.7 Å². The van der Waals surface area contributed by atoms with E-state index in [1.807, 2.05) is 0 Å². The maximum absolute atomic E-state index is 10.7. The van der Waals surface area contributed by atoms with Gasteiger partial charge in [-0.05, 0) is 18.2 Å². The lowest BCUT2D eigenvalue weighted by molar-refractivity contribution is 0.0689. The van der Waals surface area contributed by atoms with E-state index in [0.717, 1.165) is 0 Å². The molecule has 2 N–H and O–H groups in total. The Kier molecular flexibility index (Phi) is 3.18. The number of ether oxygens (including phenoxy) is 1. The molecule has 6 nitrogen and oxygen atoms in total. The van der Waals surface area contributed by atoms with Crippen LogP contribution in [0.1, 0.15) is 16.2 Å². The molecular formula is C12H12N2O4. The predicted molar refractivity (Wildman–Crippen MR) is 62.6 cm³/mol. The van der Waals surface area contributed by atoms with Crippen molar-refractivity contribution in [1.82, 2.24) is 9.78 Å². The second-order valence-electron chi connectivity index (χ2n) is 3.74. The Morgan fingerprint density at radius 3 is 2.83 bits per heavy atom. The molecule has 1 heterocycles. The van der Waals surface area contributed by atoms with Gasteiger partial charge in [-0.1, -0.05) is 6.07 Å². The number of phenolic OH excluding ortho intramolecular Hbond substituents is 1. The molecule has 1 aromatic carbocycles. The number of carbonyl (C=O) groups is 1. The summed E-state index contributed by atoms with van der Waals surface area (Å²) in [6.07, 6.45) is 0. The molecule has 0 saturated carbocycles. The maximum Gasteiger partial charge on any atom is 0.356 e. The zero-order valence-electron chi connectivity index (χ0n) is 9.70. The van der Waals surface area contributed by atoms with Crippen LogP contribution in [0.15, 0.2) is 30.3 Å². The van der Waals surface area contributed by atoms with Crippen molar-refractivity contribution >= 4 is 5.97 Å². The van der Waals surface area contributed by atoms with Gasteiger partial charge in [0, 0.05) is 13.1 Å². The molecule has 94 valence electrons. The van der Waals surface area contributed by atoms with Gasteiger partial charge in [0.15, 0.2) is 5.69 Å². The lowest BCUT2D eigenvalue weighted by atomic mass is 10.3. The van der Waals surface area contributed by atoms with Crippen molar-refractivity contribution in [2.45, 2.75) is 6.61 Å². The molecule has 0 atom stereocenters. The summed E-state index contributed by atoms with van der Waals surface area (Å²) in [7, 11) is 1.65. The molecule has 0 radical (unpaired) electrons. The van der Waals surface area contributed by atoms with Gasteiger partial charge in [-0.2, -0.15) is 5.10 Å². The zero-order chi connectivity index (χ0) is 13.1. The molecule has 18 heavy (non-hydrogen) atoms. The summed E-state index contributed by atoms with van der Waals surface area (Å²) in [6, 6.07) is 7.84. The van der Waals surface area contributed by atoms with Gasteiger partial charge in [0.2, 0.25) is 0 Å². The lowest BCUT2D eigenvalue weighted by Gasteiger charge is -2.06. The van der Waals surface area contributed by atoms with Gasteiger partial charge in [-0.15, -0.1) is 0 Å². The largest absolute Gasteiger partial charge is 0.508 e. The summed E-state index contributed by atoms with van der Waals surface area (Å²) < 4.78 is 6.88. The van der Waals surface area contributed by atoms with Crippen LogP contribution < -0.4 is 4.74 Å². The van der Waals surface area contributed by atoms with E-state index in [-0.39, 0.29) is 18.1 Å². The van der Waals surface area contributed by atoms with Gasteiger partial charge in [0.1, 0.15) is 18.1 Å². The van der Waals surface area contributed by atoms with E-state index in [1.165, 1.54) is 16.8 Å². The Morgan fingerprint density at radius 1 is 1.44 bits per heavy atom. The molecule has 0 spiro atoms. The minimum absolute atomic E-state index is 0.0213. The second kappa shape index (κ2) is 4.79. The fourth-order valence-electron chi connectivity index (χ4n) is 1.48. The third-order valence-electron chi connectivity index (χ3n) is 2.40. The number of hydrogen-bond acceptors (Lipinski definition) is 4. The number of benzene rings is 1. The van der Waals surface area contributed by atoms with Gasteiger partial charge < -0.3 is 14.9 Å². The molecule has 0 aliphatic rings. The van der Waals surface area contributed by atoms with Crippen molar-refractivity contribution in [1.29, 1.82) is 0 Å². The van der Waals surface area contributed by atoms with Gasteiger partial charge in [-0.3, -0.25) is 4.68 Å². The van der Waals surface area contributed by atoms with Gasteiger partial charge in [0.25, 0.3) is 0 Å². The van der Waals surface area contributed by atoms with E-state index in [2.05, 4.69) is 5.10 Å². The topological polar surface area (TPSA) is 84.6 Å². The van der Waals surface area contributed by atoms with Crippen molar-refractivity contribution in [3.63, 3.8) is 0 Å². The van der Waals surface area contributed by atoms with Crippen LogP contribution in [-0.4, -0.2) is 26.0 Å². The van der Waals surface area contributed by atoms with E-state index < -0.39 is 5.97 Å². The van der Waals surface area contributed by atoms with Crippen LogP contribution in [0.3, 0.4) is 0 Å². The highest BCUT2D eigenvalue weighted by molar-refractivity contribution is 5.85. The first kappa shape index (κ1) is 12.0. The number of carboxylic acid groups (broad SMARTS) is 1. The highest BCUT2D eigenvalue weighted by Crippen LogP contribution is 2.19. The van der Waals surface area contributed by atoms with Crippen molar-refractivity contribution < 1.29 is 19.7 Å². The first-order chi connectivity index (χ1) is 8.56. The number of carboxylic acids is 1. The third-order valence-corrected chi connectivity index (χ3v) is 2.40. The van der Waals surface area contributed by atoms with Gasteiger partial charge in [0.05, 0.1) is 5.69 Å². The smallest absolute Gasteiger partial charge is 0.356 e. The predicted octanol–water partition coefficient (Wildman–Crippen LogP) is 1.40. The second-order valence-corrected chi connectivity index (χ2v) is 3.74. The number of phenols is 1. The number of hydrogen-bond donors (Lipinski definition) is 2. The molecule has 0 aliphatic carbocycles.